The zero-order chi connectivity index (χ0) is 40.1. The summed E-state index contributed by atoms with van der Waals surface area (Å²) < 4.78 is 2.13. The quantitative estimate of drug-likeness (QED) is 0.115. The Morgan fingerprint density at radius 2 is 1.23 bits per heavy atom. The van der Waals surface area contributed by atoms with Gasteiger partial charge in [0.05, 0.1) is 28.0 Å². The van der Waals surface area contributed by atoms with E-state index in [1.54, 1.807) is 18.0 Å². The van der Waals surface area contributed by atoms with Crippen LogP contribution in [0.15, 0.2) is 182 Å². The first kappa shape index (κ1) is 38.2. The topological polar surface area (TPSA) is 42.3 Å². The smallest absolute Gasteiger partial charge is 0.260 e. The molecule has 57 heavy (non-hydrogen) atoms. The number of aldehydes is 1. The van der Waals surface area contributed by atoms with Gasteiger partial charge in [0.1, 0.15) is 0 Å². The molecule has 0 N–H and O–H groups in total. The van der Waals surface area contributed by atoms with Crippen molar-refractivity contribution in [3.63, 3.8) is 0 Å². The van der Waals surface area contributed by atoms with Crippen LogP contribution in [0.4, 0.5) is 5.69 Å². The van der Waals surface area contributed by atoms with Crippen molar-refractivity contribution in [3.05, 3.63) is 204 Å². The molecule has 0 spiro atoms. The molecule has 7 aromatic carbocycles. The van der Waals surface area contributed by atoms with Gasteiger partial charge in [0, 0.05) is 28.9 Å². The van der Waals surface area contributed by atoms with E-state index in [0.717, 1.165) is 61.6 Å². The highest BCUT2D eigenvalue weighted by Gasteiger charge is 2.26. The van der Waals surface area contributed by atoms with Crippen molar-refractivity contribution < 1.29 is 9.59 Å². The van der Waals surface area contributed by atoms with Crippen molar-refractivity contribution >= 4 is 39.7 Å². The fraction of sp³-hybridized carbons (Fsp3) is 0.0943. The van der Waals surface area contributed by atoms with Gasteiger partial charge in [-0.05, 0) is 91.9 Å². The van der Waals surface area contributed by atoms with Crippen LogP contribution in [0.3, 0.4) is 0 Å². The summed E-state index contributed by atoms with van der Waals surface area (Å²) in [5.74, 6) is -0.268. The number of carbonyl (C=O) groups is 2. The first-order valence-electron chi connectivity index (χ1n) is 19.2. The Kier molecular flexibility index (Phi) is 11.2. The van der Waals surface area contributed by atoms with Gasteiger partial charge in [-0.3, -0.25) is 9.59 Å². The molecule has 4 nitrogen and oxygen atoms in total. The number of benzene rings is 7. The van der Waals surface area contributed by atoms with Crippen LogP contribution in [0.1, 0.15) is 45.7 Å². The number of rotatable bonds is 8. The lowest BCUT2D eigenvalue weighted by Crippen LogP contribution is -2.29. The van der Waals surface area contributed by atoms with Gasteiger partial charge in [0.25, 0.3) is 5.91 Å². The zero-order valence-corrected chi connectivity index (χ0v) is 33.2. The van der Waals surface area contributed by atoms with E-state index in [1.165, 1.54) is 22.3 Å². The second-order valence-electron chi connectivity index (χ2n) is 14.4. The van der Waals surface area contributed by atoms with Crippen LogP contribution in [0.2, 0.25) is 0 Å². The highest BCUT2D eigenvalue weighted by Crippen LogP contribution is 2.39. The molecule has 0 radical (unpaired) electrons. The van der Waals surface area contributed by atoms with Crippen LogP contribution in [-0.2, 0) is 0 Å². The van der Waals surface area contributed by atoms with E-state index in [1.807, 2.05) is 98.8 Å². The van der Waals surface area contributed by atoms with Gasteiger partial charge in [0.2, 0.25) is 0 Å². The average Bonchev–Trinajstić information content (AvgIpc) is 3.59. The largest absolute Gasteiger partial charge is 0.311 e. The number of fused-ring (bicyclic) bond motifs is 3. The first-order valence-corrected chi connectivity index (χ1v) is 19.2. The van der Waals surface area contributed by atoms with Gasteiger partial charge in [-0.2, -0.15) is 0 Å². The maximum Gasteiger partial charge on any atom is 0.260 e. The van der Waals surface area contributed by atoms with Crippen molar-refractivity contribution in [2.45, 2.75) is 27.7 Å². The van der Waals surface area contributed by atoms with Crippen molar-refractivity contribution in [2.75, 3.05) is 11.9 Å². The summed E-state index contributed by atoms with van der Waals surface area (Å²) in [7, 11) is 1.79. The Morgan fingerprint density at radius 3 is 1.88 bits per heavy atom. The lowest BCUT2D eigenvalue weighted by Gasteiger charge is -2.24. The van der Waals surface area contributed by atoms with E-state index in [-0.39, 0.29) is 5.91 Å². The van der Waals surface area contributed by atoms with Gasteiger partial charge >= 0.3 is 0 Å². The van der Waals surface area contributed by atoms with Crippen LogP contribution in [0, 0.1) is 13.8 Å². The van der Waals surface area contributed by atoms with Gasteiger partial charge in [-0.1, -0.05) is 157 Å². The van der Waals surface area contributed by atoms with E-state index in [4.69, 9.17) is 0 Å². The third-order valence-corrected chi connectivity index (χ3v) is 10.5. The van der Waals surface area contributed by atoms with E-state index in [9.17, 15) is 9.59 Å². The fourth-order valence-corrected chi connectivity index (χ4v) is 7.51. The maximum atomic E-state index is 14.9. The van der Waals surface area contributed by atoms with E-state index >= 15 is 0 Å². The van der Waals surface area contributed by atoms with Crippen molar-refractivity contribution in [1.29, 1.82) is 0 Å². The first-order chi connectivity index (χ1) is 27.7. The summed E-state index contributed by atoms with van der Waals surface area (Å²) in [6.07, 6.45) is 4.64. The zero-order valence-electron chi connectivity index (χ0n) is 33.2. The molecule has 0 saturated heterocycles. The normalized spacial score (nSPS) is 11.2. The number of aromatic nitrogens is 1. The van der Waals surface area contributed by atoms with Gasteiger partial charge in [-0.15, -0.1) is 0 Å². The number of para-hydroxylation sites is 1. The number of amides is 1. The molecule has 8 aromatic rings. The molecular formula is C53H46N2O2. The molecule has 0 atom stereocenters. The van der Waals surface area contributed by atoms with Crippen LogP contribution in [0.25, 0.3) is 60.9 Å². The molecule has 0 aliphatic heterocycles. The molecule has 1 heterocycles. The average molecular weight is 743 g/mol. The minimum atomic E-state index is -0.268. The van der Waals surface area contributed by atoms with Gasteiger partial charge in [-0.25, -0.2) is 0 Å². The van der Waals surface area contributed by atoms with Gasteiger partial charge < -0.3 is 9.47 Å². The summed E-state index contributed by atoms with van der Waals surface area (Å²) in [4.78, 5) is 29.3. The summed E-state index contributed by atoms with van der Waals surface area (Å²) in [6, 6.07) is 53.4. The number of anilines is 1. The fourth-order valence-electron chi connectivity index (χ4n) is 7.51. The number of nitrogens with zero attached hydrogens (tertiary/aromatic N) is 2. The minimum absolute atomic E-state index is 0.268. The number of allylic oxidation sites excluding steroid dienone is 3. The monoisotopic (exact) mass is 742 g/mol. The molecule has 1 aromatic heterocycles. The van der Waals surface area contributed by atoms with E-state index in [0.29, 0.717) is 16.8 Å². The Bertz CT molecular complexity index is 2770. The van der Waals surface area contributed by atoms with Crippen LogP contribution < -0.4 is 4.90 Å². The minimum Gasteiger partial charge on any atom is -0.311 e. The molecule has 0 fully saturated rings. The van der Waals surface area contributed by atoms with Crippen molar-refractivity contribution in [1.82, 2.24) is 4.57 Å². The number of hydrogen-bond acceptors (Lipinski definition) is 2. The number of carbonyl (C=O) groups excluding carboxylic acids is 2. The molecule has 0 unspecified atom stereocenters. The predicted molar refractivity (Wildman–Crippen MR) is 241 cm³/mol. The summed E-state index contributed by atoms with van der Waals surface area (Å²) in [5.41, 5.74) is 14.0. The Morgan fingerprint density at radius 1 is 0.614 bits per heavy atom. The van der Waals surface area contributed by atoms with E-state index < -0.39 is 0 Å². The molecule has 0 aliphatic rings. The number of hydrogen-bond donors (Lipinski definition) is 0. The predicted octanol–water partition coefficient (Wildman–Crippen LogP) is 13.6. The third kappa shape index (κ3) is 7.76. The van der Waals surface area contributed by atoms with Crippen LogP contribution in [0.5, 0.6) is 0 Å². The van der Waals surface area contributed by atoms with E-state index in [2.05, 4.69) is 104 Å². The molecule has 280 valence electrons. The highest BCUT2D eigenvalue weighted by molar-refractivity contribution is 6.16. The lowest BCUT2D eigenvalue weighted by molar-refractivity contribution is 0.0986. The number of aryl methyl sites for hydroxylation is 2. The second kappa shape index (κ2) is 16.8. The van der Waals surface area contributed by atoms with Crippen LogP contribution >= 0.6 is 0 Å². The SMILES string of the molecule is C=C/C(C)=C\C.Cc1cc(C)cc(-c2ccc3c(c2)c2ccccc2n3-c2cccc(C=O)c2C(=O)N(C)c2ccc(-c3ccccc3)cc2-c2ccccc2)c1. The highest BCUT2D eigenvalue weighted by atomic mass is 16.2. The molecule has 4 heteroatoms. The Labute approximate surface area is 335 Å². The second-order valence-corrected chi connectivity index (χ2v) is 14.4. The standard InChI is InChI=1S/C47H36N2O2.C6H10/c1-31-25-32(2)27-38(26-31)36-22-24-44-41(29-36)39-18-10-11-19-43(39)49(44)45-20-12-17-37(30-50)46(45)47(51)48(3)42-23-21-35(33-13-6-4-7-14-33)28-40(42)34-15-8-5-9-16-34;1-4-6(3)5-2/h4-30H,1-3H3;4-5H,1H2,2-3H3/b;6-5-. The molecule has 8 rings (SSSR count). The van der Waals surface area contributed by atoms with Crippen LogP contribution in [-0.4, -0.2) is 23.8 Å². The summed E-state index contributed by atoms with van der Waals surface area (Å²) in [5, 5.41) is 2.15. The Balaban J connectivity index is 0.000000769. The molecule has 1 amide bonds. The molecule has 0 saturated carbocycles. The summed E-state index contributed by atoms with van der Waals surface area (Å²) >= 11 is 0. The van der Waals surface area contributed by atoms with Gasteiger partial charge in [0.15, 0.2) is 6.29 Å². The van der Waals surface area contributed by atoms with Crippen molar-refractivity contribution in [2.24, 2.45) is 0 Å². The molecule has 0 aliphatic carbocycles. The Hall–Kier alpha value is -7.04. The molecular weight excluding hydrogens is 697 g/mol. The van der Waals surface area contributed by atoms with Crippen molar-refractivity contribution in [3.8, 4) is 39.1 Å². The molecule has 0 bridgehead atoms. The summed E-state index contributed by atoms with van der Waals surface area (Å²) in [6.45, 7) is 11.8. The lowest BCUT2D eigenvalue weighted by atomic mass is 9.96. The maximum absolute atomic E-state index is 14.9. The third-order valence-electron chi connectivity index (χ3n) is 10.5.